The minimum atomic E-state index is -3.84. The third-order valence-electron chi connectivity index (χ3n) is 10.3. The van der Waals surface area contributed by atoms with E-state index in [2.05, 4.69) is 37.3 Å². The number of ether oxygens (including phenoxy) is 1. The van der Waals surface area contributed by atoms with Crippen LogP contribution in [0.2, 0.25) is 0 Å². The number of hydrogen-bond acceptors (Lipinski definition) is 5. The predicted octanol–water partition coefficient (Wildman–Crippen LogP) is 6.96. The summed E-state index contributed by atoms with van der Waals surface area (Å²) in [4.78, 5) is 0.163. The Morgan fingerprint density at radius 3 is 2.50 bits per heavy atom. The Morgan fingerprint density at radius 2 is 1.73 bits per heavy atom. The van der Waals surface area contributed by atoms with Gasteiger partial charge in [-0.15, -0.1) is 0 Å². The fourth-order valence-electron chi connectivity index (χ4n) is 8.00. The van der Waals surface area contributed by atoms with Gasteiger partial charge in [-0.3, -0.25) is 4.18 Å². The molecule has 3 aromatic carbocycles. The molecule has 0 bridgehead atoms. The van der Waals surface area contributed by atoms with Crippen molar-refractivity contribution in [3.63, 3.8) is 0 Å². The molecule has 0 unspecified atom stereocenters. The van der Waals surface area contributed by atoms with Crippen LogP contribution in [0.25, 0.3) is 0 Å². The maximum absolute atomic E-state index is 12.7. The van der Waals surface area contributed by atoms with Crippen LogP contribution in [0.4, 0.5) is 0 Å². The molecular weight excluding hydrogens is 520 g/mol. The second-order valence-electron chi connectivity index (χ2n) is 12.4. The Hall–Kier alpha value is -2.67. The standard InChI is InChI=1S/C34H40O5S/c1-24-8-12-28(13-9-24)40(36,37)39-21-20-34(35)19-17-32-31-14-10-26-22-27(38-23-25-6-4-3-5-7-25)11-15-29(26)30(31)16-18-33(32,34)2/h3-9,11-13,15,22,30-32,35H,10,14,16-21,23H2,1-2H3/t30-,31-,32+,33+,34-/m1/s1. The summed E-state index contributed by atoms with van der Waals surface area (Å²) in [6.07, 6.45) is 6.14. The maximum Gasteiger partial charge on any atom is 0.296 e. The van der Waals surface area contributed by atoms with Gasteiger partial charge in [0.15, 0.2) is 0 Å². The molecule has 0 aliphatic heterocycles. The first-order valence-electron chi connectivity index (χ1n) is 14.7. The first-order chi connectivity index (χ1) is 19.2. The molecule has 3 aliphatic carbocycles. The summed E-state index contributed by atoms with van der Waals surface area (Å²) in [7, 11) is -3.84. The van der Waals surface area contributed by atoms with Gasteiger partial charge in [-0.25, -0.2) is 0 Å². The normalized spacial score (nSPS) is 29.3. The Balaban J connectivity index is 1.11. The predicted molar refractivity (Wildman–Crippen MR) is 156 cm³/mol. The van der Waals surface area contributed by atoms with E-state index in [0.717, 1.165) is 43.4 Å². The molecule has 2 fully saturated rings. The van der Waals surface area contributed by atoms with Crippen molar-refractivity contribution in [3.8, 4) is 5.75 Å². The quantitative estimate of drug-likeness (QED) is 0.302. The Morgan fingerprint density at radius 1 is 0.950 bits per heavy atom. The Bertz CT molecular complexity index is 1450. The van der Waals surface area contributed by atoms with E-state index >= 15 is 0 Å². The molecule has 0 amide bonds. The zero-order valence-electron chi connectivity index (χ0n) is 23.5. The van der Waals surface area contributed by atoms with E-state index in [4.69, 9.17) is 8.92 Å². The first kappa shape index (κ1) is 27.5. The van der Waals surface area contributed by atoms with Crippen molar-refractivity contribution in [2.24, 2.45) is 17.3 Å². The van der Waals surface area contributed by atoms with Gasteiger partial charge in [0.05, 0.1) is 17.1 Å². The molecular formula is C34H40O5S. The van der Waals surface area contributed by atoms with E-state index < -0.39 is 15.7 Å². The van der Waals surface area contributed by atoms with Crippen LogP contribution >= 0.6 is 0 Å². The van der Waals surface area contributed by atoms with Crippen LogP contribution in [-0.2, 0) is 27.3 Å². The van der Waals surface area contributed by atoms with E-state index in [1.54, 1.807) is 24.3 Å². The lowest BCUT2D eigenvalue weighted by atomic mass is 9.53. The van der Waals surface area contributed by atoms with Crippen LogP contribution in [-0.4, -0.2) is 25.7 Å². The molecule has 5 nitrogen and oxygen atoms in total. The molecule has 0 saturated heterocycles. The molecule has 212 valence electrons. The number of benzene rings is 3. The van der Waals surface area contributed by atoms with E-state index in [9.17, 15) is 13.5 Å². The number of aryl methyl sites for hydroxylation is 2. The second kappa shape index (κ2) is 10.6. The third-order valence-corrected chi connectivity index (χ3v) is 11.7. The topological polar surface area (TPSA) is 72.8 Å². The van der Waals surface area contributed by atoms with Crippen molar-refractivity contribution in [1.29, 1.82) is 0 Å². The van der Waals surface area contributed by atoms with E-state index in [1.165, 1.54) is 16.7 Å². The summed E-state index contributed by atoms with van der Waals surface area (Å²) in [6.45, 7) is 4.73. The zero-order valence-corrected chi connectivity index (χ0v) is 24.3. The summed E-state index contributed by atoms with van der Waals surface area (Å²) in [5, 5.41) is 11.9. The fraction of sp³-hybridized carbons (Fsp3) is 0.471. The van der Waals surface area contributed by atoms with Crippen molar-refractivity contribution in [1.82, 2.24) is 0 Å². The molecule has 6 rings (SSSR count). The number of rotatable bonds is 8. The van der Waals surface area contributed by atoms with Gasteiger partial charge < -0.3 is 9.84 Å². The molecule has 40 heavy (non-hydrogen) atoms. The van der Waals surface area contributed by atoms with Crippen molar-refractivity contribution >= 4 is 10.1 Å². The molecule has 2 saturated carbocycles. The van der Waals surface area contributed by atoms with Crippen molar-refractivity contribution < 1.29 is 22.4 Å². The highest BCUT2D eigenvalue weighted by Crippen LogP contribution is 2.65. The van der Waals surface area contributed by atoms with E-state index in [-0.39, 0.29) is 16.9 Å². The van der Waals surface area contributed by atoms with Crippen molar-refractivity contribution in [3.05, 3.63) is 95.1 Å². The van der Waals surface area contributed by atoms with Gasteiger partial charge in [0, 0.05) is 6.42 Å². The van der Waals surface area contributed by atoms with Gasteiger partial charge in [-0.05, 0) is 110 Å². The minimum absolute atomic E-state index is 0.00228. The highest BCUT2D eigenvalue weighted by atomic mass is 32.2. The monoisotopic (exact) mass is 560 g/mol. The average Bonchev–Trinajstić information content (AvgIpc) is 3.22. The summed E-state index contributed by atoms with van der Waals surface area (Å²) in [5.41, 5.74) is 3.86. The molecule has 0 aromatic heterocycles. The summed E-state index contributed by atoms with van der Waals surface area (Å²) in [5.74, 6) is 2.39. The van der Waals surface area contributed by atoms with Crippen LogP contribution in [0.5, 0.6) is 5.75 Å². The third kappa shape index (κ3) is 4.99. The molecule has 1 N–H and O–H groups in total. The SMILES string of the molecule is Cc1ccc(S(=O)(=O)OCC[C@]2(O)CC[C@H]3[C@@H]4CCc5cc(OCc6ccccc6)ccc5[C@H]4CC[C@@]32C)cc1. The maximum atomic E-state index is 12.7. The van der Waals surface area contributed by atoms with Crippen molar-refractivity contribution in [2.45, 2.75) is 81.8 Å². The minimum Gasteiger partial charge on any atom is -0.489 e. The lowest BCUT2D eigenvalue weighted by Crippen LogP contribution is -2.51. The number of aliphatic hydroxyl groups is 1. The molecule has 5 atom stereocenters. The van der Waals surface area contributed by atoms with Gasteiger partial charge >= 0.3 is 0 Å². The molecule has 3 aliphatic rings. The summed E-state index contributed by atoms with van der Waals surface area (Å²) >= 11 is 0. The number of hydrogen-bond donors (Lipinski definition) is 1. The van der Waals surface area contributed by atoms with Crippen LogP contribution in [0.3, 0.4) is 0 Å². The highest BCUT2D eigenvalue weighted by molar-refractivity contribution is 7.86. The van der Waals surface area contributed by atoms with Gasteiger partial charge in [0.2, 0.25) is 0 Å². The lowest BCUT2D eigenvalue weighted by molar-refractivity contribution is -0.111. The van der Waals surface area contributed by atoms with Crippen LogP contribution in [0.1, 0.15) is 73.6 Å². The molecule has 3 aromatic rings. The molecule has 0 radical (unpaired) electrons. The van der Waals surface area contributed by atoms with Gasteiger partial charge in [-0.1, -0.05) is 61.0 Å². The van der Waals surface area contributed by atoms with Gasteiger partial charge in [0.1, 0.15) is 12.4 Å². The Kier molecular flexibility index (Phi) is 7.30. The molecule has 6 heteroatoms. The average molecular weight is 561 g/mol. The van der Waals surface area contributed by atoms with Gasteiger partial charge in [-0.2, -0.15) is 8.42 Å². The zero-order chi connectivity index (χ0) is 28.0. The first-order valence-corrected chi connectivity index (χ1v) is 16.1. The molecule has 0 spiro atoms. The summed E-state index contributed by atoms with van der Waals surface area (Å²) < 4.78 is 37.0. The number of fused-ring (bicyclic) bond motifs is 5. The van der Waals surface area contributed by atoms with E-state index in [0.29, 0.717) is 37.2 Å². The van der Waals surface area contributed by atoms with E-state index in [1.807, 2.05) is 25.1 Å². The smallest absolute Gasteiger partial charge is 0.296 e. The highest BCUT2D eigenvalue weighted by Gasteiger charge is 2.61. The van der Waals surface area contributed by atoms with Crippen LogP contribution in [0, 0.1) is 24.2 Å². The Labute approximate surface area is 238 Å². The lowest BCUT2D eigenvalue weighted by Gasteiger charge is -2.53. The largest absolute Gasteiger partial charge is 0.489 e. The van der Waals surface area contributed by atoms with Crippen LogP contribution < -0.4 is 4.74 Å². The van der Waals surface area contributed by atoms with Crippen LogP contribution in [0.15, 0.2) is 77.7 Å². The van der Waals surface area contributed by atoms with Crippen molar-refractivity contribution in [2.75, 3.05) is 6.61 Å². The molecule has 0 heterocycles. The second-order valence-corrected chi connectivity index (χ2v) is 14.0. The fourth-order valence-corrected chi connectivity index (χ4v) is 8.91. The summed E-state index contributed by atoms with van der Waals surface area (Å²) in [6, 6.07) is 23.6. The van der Waals surface area contributed by atoms with Gasteiger partial charge in [0.25, 0.3) is 10.1 Å².